The van der Waals surface area contributed by atoms with Gasteiger partial charge in [-0.2, -0.15) is 0 Å². The van der Waals surface area contributed by atoms with E-state index in [9.17, 15) is 4.79 Å². The molecule has 0 unspecified atom stereocenters. The van der Waals surface area contributed by atoms with E-state index in [-0.39, 0.29) is 5.91 Å². The number of methoxy groups -OCH3 is 1. The average molecular weight is 291 g/mol. The number of aromatic nitrogens is 1. The first kappa shape index (κ1) is 13.2. The number of thiazole rings is 1. The molecule has 0 bridgehead atoms. The number of rotatable bonds is 2. The van der Waals surface area contributed by atoms with Gasteiger partial charge in [-0.25, -0.2) is 4.98 Å². The average Bonchev–Trinajstić information content (AvgIpc) is 2.91. The Hall–Kier alpha value is -1.82. The van der Waals surface area contributed by atoms with Crippen molar-refractivity contribution in [2.24, 2.45) is 0 Å². The molecule has 1 aromatic heterocycles. The molecule has 0 N–H and O–H groups in total. The Balaban J connectivity index is 1.83. The van der Waals surface area contributed by atoms with Crippen LogP contribution in [-0.2, 0) is 4.79 Å². The molecule has 106 valence electrons. The highest BCUT2D eigenvalue weighted by Crippen LogP contribution is 2.34. The van der Waals surface area contributed by atoms with Crippen molar-refractivity contribution in [3.8, 4) is 5.75 Å². The molecule has 1 aliphatic heterocycles. The van der Waals surface area contributed by atoms with Gasteiger partial charge in [-0.15, -0.1) is 0 Å². The first-order valence-corrected chi connectivity index (χ1v) is 7.44. The van der Waals surface area contributed by atoms with Crippen molar-refractivity contribution in [1.82, 2.24) is 9.88 Å². The van der Waals surface area contributed by atoms with Gasteiger partial charge in [0.1, 0.15) is 11.3 Å². The van der Waals surface area contributed by atoms with Gasteiger partial charge in [0.25, 0.3) is 0 Å². The van der Waals surface area contributed by atoms with Crippen LogP contribution >= 0.6 is 11.3 Å². The fourth-order valence-electron chi connectivity index (χ4n) is 2.42. The second kappa shape index (κ2) is 5.28. The highest BCUT2D eigenvalue weighted by atomic mass is 32.1. The van der Waals surface area contributed by atoms with E-state index >= 15 is 0 Å². The number of fused-ring (bicyclic) bond motifs is 1. The van der Waals surface area contributed by atoms with Crippen LogP contribution in [0.3, 0.4) is 0 Å². The lowest BCUT2D eigenvalue weighted by Gasteiger charge is -2.33. The highest BCUT2D eigenvalue weighted by Gasteiger charge is 2.21. The molecule has 0 atom stereocenters. The van der Waals surface area contributed by atoms with Crippen LogP contribution in [0.25, 0.3) is 10.2 Å². The summed E-state index contributed by atoms with van der Waals surface area (Å²) in [7, 11) is 1.67. The first-order valence-electron chi connectivity index (χ1n) is 6.63. The highest BCUT2D eigenvalue weighted by molar-refractivity contribution is 7.22. The zero-order chi connectivity index (χ0) is 14.1. The summed E-state index contributed by atoms with van der Waals surface area (Å²) in [5.74, 6) is 0.961. The van der Waals surface area contributed by atoms with Gasteiger partial charge < -0.3 is 14.5 Å². The van der Waals surface area contributed by atoms with Crippen LogP contribution in [0.1, 0.15) is 6.92 Å². The van der Waals surface area contributed by atoms with Crippen molar-refractivity contribution >= 4 is 32.6 Å². The predicted molar refractivity (Wildman–Crippen MR) is 80.6 cm³/mol. The second-order valence-electron chi connectivity index (χ2n) is 4.80. The minimum atomic E-state index is 0.149. The third-order valence-corrected chi connectivity index (χ3v) is 4.67. The normalized spacial score (nSPS) is 15.7. The molecule has 20 heavy (non-hydrogen) atoms. The number of para-hydroxylation sites is 1. The van der Waals surface area contributed by atoms with Crippen LogP contribution < -0.4 is 9.64 Å². The number of hydrogen-bond acceptors (Lipinski definition) is 5. The molecule has 2 heterocycles. The van der Waals surface area contributed by atoms with Crippen molar-refractivity contribution < 1.29 is 9.53 Å². The number of amides is 1. The predicted octanol–water partition coefficient (Wildman–Crippen LogP) is 1.97. The van der Waals surface area contributed by atoms with Gasteiger partial charge in [0.15, 0.2) is 5.13 Å². The molecular formula is C14H17N3O2S. The van der Waals surface area contributed by atoms with E-state index < -0.39 is 0 Å². The number of anilines is 1. The molecule has 1 fully saturated rings. The Bertz CT molecular complexity index is 632. The third-order valence-electron chi connectivity index (χ3n) is 3.59. The van der Waals surface area contributed by atoms with Crippen molar-refractivity contribution in [3.05, 3.63) is 18.2 Å². The maximum atomic E-state index is 11.3. The van der Waals surface area contributed by atoms with E-state index in [0.717, 1.165) is 47.3 Å². The van der Waals surface area contributed by atoms with Crippen molar-refractivity contribution in [2.45, 2.75) is 6.92 Å². The molecule has 0 saturated carbocycles. The lowest BCUT2D eigenvalue weighted by Crippen LogP contribution is -2.48. The van der Waals surface area contributed by atoms with Crippen molar-refractivity contribution in [2.75, 3.05) is 38.2 Å². The summed E-state index contributed by atoms with van der Waals surface area (Å²) in [4.78, 5) is 20.2. The minimum absolute atomic E-state index is 0.149. The minimum Gasteiger partial charge on any atom is -0.494 e. The molecule has 2 aromatic rings. The van der Waals surface area contributed by atoms with E-state index in [0.29, 0.717) is 0 Å². The second-order valence-corrected chi connectivity index (χ2v) is 5.81. The monoisotopic (exact) mass is 291 g/mol. The fourth-order valence-corrected chi connectivity index (χ4v) is 3.46. The summed E-state index contributed by atoms with van der Waals surface area (Å²) < 4.78 is 6.48. The quantitative estimate of drug-likeness (QED) is 0.848. The van der Waals surface area contributed by atoms with Gasteiger partial charge in [0.05, 0.1) is 11.8 Å². The summed E-state index contributed by atoms with van der Waals surface area (Å²) >= 11 is 1.67. The summed E-state index contributed by atoms with van der Waals surface area (Å²) in [6.45, 7) is 4.83. The van der Waals surface area contributed by atoms with E-state index in [2.05, 4.69) is 11.0 Å². The van der Waals surface area contributed by atoms with Gasteiger partial charge in [0.2, 0.25) is 5.91 Å². The number of carbonyl (C=O) groups excluding carboxylic acids is 1. The molecule has 6 heteroatoms. The maximum absolute atomic E-state index is 11.3. The molecule has 3 rings (SSSR count). The molecule has 0 aliphatic carbocycles. The summed E-state index contributed by atoms with van der Waals surface area (Å²) in [6.07, 6.45) is 0. The molecule has 5 nitrogen and oxygen atoms in total. The molecule has 1 aromatic carbocycles. The van der Waals surface area contributed by atoms with E-state index in [4.69, 9.17) is 9.72 Å². The smallest absolute Gasteiger partial charge is 0.219 e. The summed E-state index contributed by atoms with van der Waals surface area (Å²) in [6, 6.07) is 5.97. The number of hydrogen-bond donors (Lipinski definition) is 0. The first-order chi connectivity index (χ1) is 9.69. The van der Waals surface area contributed by atoms with E-state index in [1.54, 1.807) is 25.4 Å². The van der Waals surface area contributed by atoms with Gasteiger partial charge in [0, 0.05) is 33.1 Å². The zero-order valence-corrected chi connectivity index (χ0v) is 12.4. The van der Waals surface area contributed by atoms with Crippen LogP contribution in [0.4, 0.5) is 5.13 Å². The number of piperazine rings is 1. The van der Waals surface area contributed by atoms with E-state index in [1.807, 2.05) is 17.0 Å². The van der Waals surface area contributed by atoms with Gasteiger partial charge >= 0.3 is 0 Å². The largest absolute Gasteiger partial charge is 0.494 e. The molecule has 1 aliphatic rings. The Morgan fingerprint density at radius 3 is 2.70 bits per heavy atom. The van der Waals surface area contributed by atoms with Gasteiger partial charge in [-0.3, -0.25) is 4.79 Å². The molecular weight excluding hydrogens is 274 g/mol. The van der Waals surface area contributed by atoms with Crippen molar-refractivity contribution in [1.29, 1.82) is 0 Å². The summed E-state index contributed by atoms with van der Waals surface area (Å²) in [5.41, 5.74) is 0.920. The fraction of sp³-hybridized carbons (Fsp3) is 0.429. The van der Waals surface area contributed by atoms with Crippen LogP contribution in [0, 0.1) is 0 Å². The van der Waals surface area contributed by atoms with Crippen LogP contribution in [0.15, 0.2) is 18.2 Å². The summed E-state index contributed by atoms with van der Waals surface area (Å²) in [5, 5.41) is 1.01. The number of ether oxygens (including phenoxy) is 1. The lowest BCUT2D eigenvalue weighted by atomic mass is 10.3. The standard InChI is InChI=1S/C14H17N3O2S/c1-10(18)16-6-8-17(9-7-16)14-15-13-11(19-2)4-3-5-12(13)20-14/h3-5H,6-9H2,1-2H3. The van der Waals surface area contributed by atoms with Crippen LogP contribution in [-0.4, -0.2) is 49.1 Å². The number of nitrogens with zero attached hydrogens (tertiary/aromatic N) is 3. The maximum Gasteiger partial charge on any atom is 0.219 e. The topological polar surface area (TPSA) is 45.7 Å². The van der Waals surface area contributed by atoms with Gasteiger partial charge in [-0.1, -0.05) is 17.4 Å². The molecule has 0 spiro atoms. The lowest BCUT2D eigenvalue weighted by molar-refractivity contribution is -0.129. The van der Waals surface area contributed by atoms with Crippen LogP contribution in [0.2, 0.25) is 0 Å². The molecule has 1 saturated heterocycles. The zero-order valence-electron chi connectivity index (χ0n) is 11.6. The number of benzene rings is 1. The Labute approximate surface area is 121 Å². The number of carbonyl (C=O) groups is 1. The molecule has 1 amide bonds. The Morgan fingerprint density at radius 1 is 1.30 bits per heavy atom. The van der Waals surface area contributed by atoms with Crippen molar-refractivity contribution in [3.63, 3.8) is 0 Å². The van der Waals surface area contributed by atoms with Crippen LogP contribution in [0.5, 0.6) is 5.75 Å². The Morgan fingerprint density at radius 2 is 2.05 bits per heavy atom. The van der Waals surface area contributed by atoms with Gasteiger partial charge in [-0.05, 0) is 12.1 Å². The molecule has 0 radical (unpaired) electrons. The SMILES string of the molecule is COc1cccc2sc(N3CCN(C(C)=O)CC3)nc12. The van der Waals surface area contributed by atoms with E-state index in [1.165, 1.54) is 0 Å². The third kappa shape index (κ3) is 2.31. The Kier molecular flexibility index (Phi) is 3.48.